The molecule has 8 nitrogen and oxygen atoms in total. The van der Waals surface area contributed by atoms with E-state index >= 15 is 0 Å². The van der Waals surface area contributed by atoms with Crippen molar-refractivity contribution in [3.8, 4) is 5.69 Å². The summed E-state index contributed by atoms with van der Waals surface area (Å²) in [7, 11) is 0. The van der Waals surface area contributed by atoms with E-state index < -0.39 is 0 Å². The van der Waals surface area contributed by atoms with E-state index in [2.05, 4.69) is 20.3 Å². The number of hydrogen-bond donors (Lipinski definition) is 1. The zero-order chi connectivity index (χ0) is 20.4. The van der Waals surface area contributed by atoms with E-state index in [0.717, 1.165) is 0 Å². The van der Waals surface area contributed by atoms with Crippen LogP contribution in [-0.2, 0) is 6.54 Å². The maximum absolute atomic E-state index is 12.9. The molecule has 0 atom stereocenters. The number of nitrogens with one attached hydrogen (secondary N) is 1. The Kier molecular flexibility index (Phi) is 5.09. The minimum absolute atomic E-state index is 0.147. The number of para-hydroxylation sites is 2. The normalized spacial score (nSPS) is 11.0. The molecule has 0 fully saturated rings. The van der Waals surface area contributed by atoms with Gasteiger partial charge in [0.1, 0.15) is 5.82 Å². The minimum Gasteiger partial charge on any atom is -0.330 e. The van der Waals surface area contributed by atoms with Gasteiger partial charge >= 0.3 is 0 Å². The summed E-state index contributed by atoms with van der Waals surface area (Å²) in [6.07, 6.45) is 1.53. The highest BCUT2D eigenvalue weighted by Gasteiger charge is 2.20. The van der Waals surface area contributed by atoms with Gasteiger partial charge < -0.3 is 9.88 Å². The van der Waals surface area contributed by atoms with Crippen LogP contribution < -0.4 is 5.56 Å². The largest absolute Gasteiger partial charge is 0.330 e. The number of carbonyl (C=O) groups is 1. The Balaban J connectivity index is 1.59. The molecule has 0 aliphatic heterocycles. The van der Waals surface area contributed by atoms with Gasteiger partial charge in [0.2, 0.25) is 0 Å². The van der Waals surface area contributed by atoms with Crippen molar-refractivity contribution in [3.63, 3.8) is 0 Å². The smallest absolute Gasteiger partial charge is 0.276 e. The van der Waals surface area contributed by atoms with Gasteiger partial charge in [-0.3, -0.25) is 9.59 Å². The third kappa shape index (κ3) is 3.74. The van der Waals surface area contributed by atoms with E-state index in [4.69, 9.17) is 11.6 Å². The maximum Gasteiger partial charge on any atom is 0.276 e. The molecule has 2 heterocycles. The zero-order valence-electron chi connectivity index (χ0n) is 15.5. The maximum atomic E-state index is 12.9. The molecule has 0 saturated carbocycles. The highest BCUT2D eigenvalue weighted by molar-refractivity contribution is 6.32. The third-order valence-corrected chi connectivity index (χ3v) is 4.80. The van der Waals surface area contributed by atoms with Gasteiger partial charge in [0.25, 0.3) is 11.5 Å². The summed E-state index contributed by atoms with van der Waals surface area (Å²) in [5.74, 6) is 0.0870. The van der Waals surface area contributed by atoms with Gasteiger partial charge in [-0.2, -0.15) is 0 Å². The van der Waals surface area contributed by atoms with Crippen LogP contribution in [0.4, 0.5) is 0 Å². The Hall–Kier alpha value is -3.52. The van der Waals surface area contributed by atoms with Crippen molar-refractivity contribution in [1.82, 2.24) is 29.9 Å². The highest BCUT2D eigenvalue weighted by Crippen LogP contribution is 2.19. The average molecular weight is 409 g/mol. The summed E-state index contributed by atoms with van der Waals surface area (Å²) in [5, 5.41) is 9.00. The highest BCUT2D eigenvalue weighted by atomic mass is 35.5. The lowest BCUT2D eigenvalue weighted by Gasteiger charge is -2.19. The molecule has 1 amide bonds. The quantitative estimate of drug-likeness (QED) is 0.547. The molecule has 0 unspecified atom stereocenters. The van der Waals surface area contributed by atoms with E-state index in [0.29, 0.717) is 34.0 Å². The first-order valence-electron chi connectivity index (χ1n) is 9.01. The first-order valence-corrected chi connectivity index (χ1v) is 9.39. The van der Waals surface area contributed by atoms with Crippen LogP contribution in [0.25, 0.3) is 16.6 Å². The molecule has 0 aliphatic rings. The number of benzene rings is 2. The van der Waals surface area contributed by atoms with Crippen LogP contribution in [0, 0.1) is 0 Å². The molecule has 0 aliphatic carbocycles. The predicted molar refractivity (Wildman–Crippen MR) is 109 cm³/mol. The number of H-pyrrole nitrogens is 1. The van der Waals surface area contributed by atoms with Crippen molar-refractivity contribution in [2.75, 3.05) is 6.54 Å². The molecule has 4 rings (SSSR count). The van der Waals surface area contributed by atoms with Gasteiger partial charge in [-0.05, 0) is 31.2 Å². The summed E-state index contributed by atoms with van der Waals surface area (Å²) < 4.78 is 1.46. The summed E-state index contributed by atoms with van der Waals surface area (Å²) in [4.78, 5) is 33.9. The summed E-state index contributed by atoms with van der Waals surface area (Å²) in [6.45, 7) is 2.40. The molecule has 4 aromatic rings. The Morgan fingerprint density at radius 1 is 1.17 bits per heavy atom. The van der Waals surface area contributed by atoms with Gasteiger partial charge in [0.15, 0.2) is 5.69 Å². The lowest BCUT2D eigenvalue weighted by molar-refractivity contribution is 0.0742. The lowest BCUT2D eigenvalue weighted by atomic mass is 10.2. The van der Waals surface area contributed by atoms with Crippen LogP contribution in [0.1, 0.15) is 23.2 Å². The molecule has 2 aromatic heterocycles. The van der Waals surface area contributed by atoms with Crippen molar-refractivity contribution in [2.45, 2.75) is 13.5 Å². The number of aromatic amines is 1. The van der Waals surface area contributed by atoms with Gasteiger partial charge in [0.05, 0.1) is 34.4 Å². The molecule has 0 spiro atoms. The lowest BCUT2D eigenvalue weighted by Crippen LogP contribution is -2.32. The zero-order valence-corrected chi connectivity index (χ0v) is 16.3. The molecule has 1 N–H and O–H groups in total. The van der Waals surface area contributed by atoms with Gasteiger partial charge in [-0.25, -0.2) is 9.67 Å². The van der Waals surface area contributed by atoms with E-state index in [-0.39, 0.29) is 23.7 Å². The number of amides is 1. The molecule has 0 bridgehead atoms. The number of carbonyl (C=O) groups excluding carboxylic acids is 1. The van der Waals surface area contributed by atoms with Crippen molar-refractivity contribution in [2.24, 2.45) is 0 Å². The Morgan fingerprint density at radius 2 is 1.93 bits per heavy atom. The van der Waals surface area contributed by atoms with Gasteiger partial charge in [0, 0.05) is 6.54 Å². The Bertz CT molecular complexity index is 1250. The molecule has 2 aromatic carbocycles. The summed E-state index contributed by atoms with van der Waals surface area (Å²) >= 11 is 6.18. The monoisotopic (exact) mass is 408 g/mol. The van der Waals surface area contributed by atoms with Gasteiger partial charge in [-0.15, -0.1) is 5.10 Å². The molecular formula is C20H17ClN6O2. The fraction of sp³-hybridized carbons (Fsp3) is 0.150. The first kappa shape index (κ1) is 18.8. The molecule has 0 saturated heterocycles. The number of rotatable bonds is 5. The fourth-order valence-corrected chi connectivity index (χ4v) is 3.22. The van der Waals surface area contributed by atoms with E-state index in [1.165, 1.54) is 15.8 Å². The van der Waals surface area contributed by atoms with E-state index in [1.807, 2.05) is 25.1 Å². The van der Waals surface area contributed by atoms with Crippen LogP contribution in [-0.4, -0.2) is 42.3 Å². The third-order valence-electron chi connectivity index (χ3n) is 4.48. The van der Waals surface area contributed by atoms with Crippen LogP contribution in [0.15, 0.2) is 59.5 Å². The standard InChI is InChI=1S/C20H17ClN6O2/c1-2-26(12-18-22-15-9-5-3-7-13(15)19(28)23-18)20(29)16-11-27(25-24-16)17-10-6-4-8-14(17)21/h3-11H,2,12H2,1H3,(H,22,23,28). The van der Waals surface area contributed by atoms with Crippen molar-refractivity contribution >= 4 is 28.4 Å². The van der Waals surface area contributed by atoms with Crippen LogP contribution >= 0.6 is 11.6 Å². The Labute approximate surface area is 170 Å². The minimum atomic E-state index is -0.318. The van der Waals surface area contributed by atoms with Crippen molar-refractivity contribution in [3.05, 3.63) is 81.6 Å². The first-order chi connectivity index (χ1) is 14.1. The number of aromatic nitrogens is 5. The number of halogens is 1. The number of nitrogens with zero attached hydrogens (tertiary/aromatic N) is 5. The summed E-state index contributed by atoms with van der Waals surface area (Å²) in [5.41, 5.74) is 1.15. The number of hydrogen-bond acceptors (Lipinski definition) is 5. The Morgan fingerprint density at radius 3 is 2.72 bits per heavy atom. The predicted octanol–water partition coefficient (Wildman–Crippen LogP) is 2.82. The second-order valence-corrected chi connectivity index (χ2v) is 6.76. The molecule has 146 valence electrons. The van der Waals surface area contributed by atoms with Crippen molar-refractivity contribution in [1.29, 1.82) is 0 Å². The second-order valence-electron chi connectivity index (χ2n) is 6.35. The van der Waals surface area contributed by atoms with Crippen molar-refractivity contribution < 1.29 is 4.79 Å². The van der Waals surface area contributed by atoms with E-state index in [9.17, 15) is 9.59 Å². The second kappa shape index (κ2) is 7.84. The van der Waals surface area contributed by atoms with Crippen LogP contribution in [0.5, 0.6) is 0 Å². The summed E-state index contributed by atoms with van der Waals surface area (Å²) in [6, 6.07) is 14.2. The SMILES string of the molecule is CCN(Cc1nc2ccccc2c(=O)[nH]1)C(=O)c1cn(-c2ccccc2Cl)nn1. The average Bonchev–Trinajstić information content (AvgIpc) is 3.22. The van der Waals surface area contributed by atoms with Gasteiger partial charge in [-0.1, -0.05) is 41.1 Å². The number of fused-ring (bicyclic) bond motifs is 1. The topological polar surface area (TPSA) is 96.8 Å². The molecular weight excluding hydrogens is 392 g/mol. The molecule has 0 radical (unpaired) electrons. The molecule has 9 heteroatoms. The van der Waals surface area contributed by atoms with E-state index in [1.54, 1.807) is 30.3 Å². The van der Waals surface area contributed by atoms with Crippen LogP contribution in [0.2, 0.25) is 5.02 Å². The van der Waals surface area contributed by atoms with Crippen LogP contribution in [0.3, 0.4) is 0 Å². The molecule has 29 heavy (non-hydrogen) atoms. The fourth-order valence-electron chi connectivity index (χ4n) is 3.00.